The standard InChI is InChI=1S/C16H32N2/c1-14(2)11-16(8-4-5-9-16)13-17-12-15-7-3-6-10-18-15/h14-15,17-18H,3-13H2,1-2H3. The number of hydrogen-bond acceptors (Lipinski definition) is 2. The van der Waals surface area contributed by atoms with Crippen LogP contribution in [0.2, 0.25) is 0 Å². The lowest BCUT2D eigenvalue weighted by Crippen LogP contribution is -2.44. The van der Waals surface area contributed by atoms with E-state index in [1.54, 1.807) is 0 Å². The molecular formula is C16H32N2. The van der Waals surface area contributed by atoms with Gasteiger partial charge in [-0.2, -0.15) is 0 Å². The van der Waals surface area contributed by atoms with Crippen LogP contribution in [0.15, 0.2) is 0 Å². The molecule has 106 valence electrons. The first-order valence-electron chi connectivity index (χ1n) is 8.14. The van der Waals surface area contributed by atoms with Gasteiger partial charge in [-0.25, -0.2) is 0 Å². The lowest BCUT2D eigenvalue weighted by Gasteiger charge is -2.33. The molecule has 1 aliphatic heterocycles. The molecule has 1 aliphatic carbocycles. The Kier molecular flexibility index (Phi) is 5.50. The van der Waals surface area contributed by atoms with E-state index >= 15 is 0 Å². The normalized spacial score (nSPS) is 27.8. The summed E-state index contributed by atoms with van der Waals surface area (Å²) in [7, 11) is 0. The molecule has 18 heavy (non-hydrogen) atoms. The Hall–Kier alpha value is -0.0800. The summed E-state index contributed by atoms with van der Waals surface area (Å²) in [6.45, 7) is 8.41. The smallest absolute Gasteiger partial charge is 0.0192 e. The predicted molar refractivity (Wildman–Crippen MR) is 78.9 cm³/mol. The Morgan fingerprint density at radius 2 is 1.94 bits per heavy atom. The zero-order valence-electron chi connectivity index (χ0n) is 12.4. The van der Waals surface area contributed by atoms with E-state index in [2.05, 4.69) is 24.5 Å². The van der Waals surface area contributed by atoms with Crippen LogP contribution in [-0.4, -0.2) is 25.7 Å². The van der Waals surface area contributed by atoms with Crippen LogP contribution in [0.3, 0.4) is 0 Å². The lowest BCUT2D eigenvalue weighted by atomic mass is 9.78. The van der Waals surface area contributed by atoms with E-state index in [4.69, 9.17) is 0 Å². The quantitative estimate of drug-likeness (QED) is 0.758. The maximum Gasteiger partial charge on any atom is 0.0192 e. The number of rotatable bonds is 6. The molecule has 2 heteroatoms. The van der Waals surface area contributed by atoms with Gasteiger partial charge in [-0.3, -0.25) is 0 Å². The number of hydrogen-bond donors (Lipinski definition) is 2. The Labute approximate surface area is 113 Å². The van der Waals surface area contributed by atoms with Gasteiger partial charge in [0.15, 0.2) is 0 Å². The van der Waals surface area contributed by atoms with Gasteiger partial charge in [0.05, 0.1) is 0 Å². The van der Waals surface area contributed by atoms with Crippen molar-refractivity contribution in [3.05, 3.63) is 0 Å². The van der Waals surface area contributed by atoms with E-state index in [1.165, 1.54) is 71.0 Å². The minimum atomic E-state index is 0.628. The average Bonchev–Trinajstić information content (AvgIpc) is 2.78. The molecule has 0 bridgehead atoms. The van der Waals surface area contributed by atoms with Gasteiger partial charge in [0.1, 0.15) is 0 Å². The van der Waals surface area contributed by atoms with Gasteiger partial charge < -0.3 is 10.6 Å². The van der Waals surface area contributed by atoms with Gasteiger partial charge in [0.25, 0.3) is 0 Å². The first-order valence-corrected chi connectivity index (χ1v) is 8.14. The molecular weight excluding hydrogens is 220 g/mol. The second-order valence-corrected chi connectivity index (χ2v) is 7.08. The number of piperidine rings is 1. The van der Waals surface area contributed by atoms with E-state index in [0.717, 1.165) is 12.0 Å². The van der Waals surface area contributed by atoms with Crippen LogP contribution < -0.4 is 10.6 Å². The van der Waals surface area contributed by atoms with Crippen molar-refractivity contribution in [3.63, 3.8) is 0 Å². The van der Waals surface area contributed by atoms with E-state index in [9.17, 15) is 0 Å². The maximum atomic E-state index is 3.78. The fraction of sp³-hybridized carbons (Fsp3) is 1.00. The van der Waals surface area contributed by atoms with Crippen molar-refractivity contribution in [2.75, 3.05) is 19.6 Å². The summed E-state index contributed by atoms with van der Waals surface area (Å²) in [5, 5.41) is 7.42. The fourth-order valence-electron chi connectivity index (χ4n) is 4.05. The highest BCUT2D eigenvalue weighted by molar-refractivity contribution is 4.88. The van der Waals surface area contributed by atoms with Gasteiger partial charge >= 0.3 is 0 Å². The van der Waals surface area contributed by atoms with Gasteiger partial charge in [-0.15, -0.1) is 0 Å². The van der Waals surface area contributed by atoms with E-state index in [1.807, 2.05) is 0 Å². The molecule has 1 saturated carbocycles. The maximum absolute atomic E-state index is 3.78. The molecule has 0 aromatic carbocycles. The third-order valence-electron chi connectivity index (χ3n) is 4.81. The predicted octanol–water partition coefficient (Wildman–Crippen LogP) is 3.32. The van der Waals surface area contributed by atoms with Crippen LogP contribution in [0.1, 0.15) is 65.2 Å². The Bertz CT molecular complexity index is 225. The highest BCUT2D eigenvalue weighted by Gasteiger charge is 2.33. The minimum Gasteiger partial charge on any atom is -0.315 e. The molecule has 2 rings (SSSR count). The summed E-state index contributed by atoms with van der Waals surface area (Å²) >= 11 is 0. The third-order valence-corrected chi connectivity index (χ3v) is 4.81. The first-order chi connectivity index (χ1) is 8.70. The van der Waals surface area contributed by atoms with E-state index in [-0.39, 0.29) is 0 Å². The molecule has 1 heterocycles. The van der Waals surface area contributed by atoms with Crippen LogP contribution in [0, 0.1) is 11.3 Å². The molecule has 2 N–H and O–H groups in total. The van der Waals surface area contributed by atoms with Crippen LogP contribution in [0.5, 0.6) is 0 Å². The Morgan fingerprint density at radius 3 is 2.56 bits per heavy atom. The molecule has 0 aromatic rings. The summed E-state index contributed by atoms with van der Waals surface area (Å²) in [4.78, 5) is 0. The summed E-state index contributed by atoms with van der Waals surface area (Å²) < 4.78 is 0. The molecule has 2 fully saturated rings. The zero-order valence-corrected chi connectivity index (χ0v) is 12.4. The second kappa shape index (κ2) is 6.91. The van der Waals surface area contributed by atoms with Crippen molar-refractivity contribution < 1.29 is 0 Å². The molecule has 2 nitrogen and oxygen atoms in total. The van der Waals surface area contributed by atoms with E-state index < -0.39 is 0 Å². The molecule has 1 atom stereocenters. The van der Waals surface area contributed by atoms with Crippen LogP contribution in [-0.2, 0) is 0 Å². The Morgan fingerprint density at radius 1 is 1.17 bits per heavy atom. The highest BCUT2D eigenvalue weighted by atomic mass is 15.0. The average molecular weight is 252 g/mol. The molecule has 1 unspecified atom stereocenters. The van der Waals surface area contributed by atoms with Crippen molar-refractivity contribution in [2.45, 2.75) is 71.3 Å². The monoisotopic (exact) mass is 252 g/mol. The second-order valence-electron chi connectivity index (χ2n) is 7.08. The largest absolute Gasteiger partial charge is 0.315 e. The zero-order chi connectivity index (χ0) is 12.8. The Balaban J connectivity index is 1.72. The SMILES string of the molecule is CC(C)CC1(CNCC2CCCCN2)CCCC1. The molecule has 0 radical (unpaired) electrons. The summed E-state index contributed by atoms with van der Waals surface area (Å²) in [5.74, 6) is 0.845. The molecule has 0 aromatic heterocycles. The first kappa shape index (κ1) is 14.3. The topological polar surface area (TPSA) is 24.1 Å². The van der Waals surface area contributed by atoms with E-state index in [0.29, 0.717) is 5.41 Å². The van der Waals surface area contributed by atoms with Crippen molar-refractivity contribution in [1.82, 2.24) is 10.6 Å². The van der Waals surface area contributed by atoms with Crippen molar-refractivity contribution >= 4 is 0 Å². The minimum absolute atomic E-state index is 0.628. The van der Waals surface area contributed by atoms with Crippen molar-refractivity contribution in [2.24, 2.45) is 11.3 Å². The lowest BCUT2D eigenvalue weighted by molar-refractivity contribution is 0.219. The summed E-state index contributed by atoms with van der Waals surface area (Å²) in [6, 6.07) is 0.733. The van der Waals surface area contributed by atoms with Crippen LogP contribution >= 0.6 is 0 Å². The van der Waals surface area contributed by atoms with Gasteiger partial charge in [-0.05, 0) is 50.0 Å². The van der Waals surface area contributed by atoms with Crippen molar-refractivity contribution in [3.8, 4) is 0 Å². The highest BCUT2D eigenvalue weighted by Crippen LogP contribution is 2.42. The van der Waals surface area contributed by atoms with Gasteiger partial charge in [0.2, 0.25) is 0 Å². The number of nitrogens with one attached hydrogen (secondary N) is 2. The van der Waals surface area contributed by atoms with Crippen LogP contribution in [0.25, 0.3) is 0 Å². The molecule has 2 aliphatic rings. The molecule has 1 saturated heterocycles. The summed E-state index contributed by atoms with van der Waals surface area (Å²) in [6.07, 6.45) is 11.4. The van der Waals surface area contributed by atoms with Gasteiger partial charge in [0, 0.05) is 19.1 Å². The fourth-order valence-corrected chi connectivity index (χ4v) is 4.05. The molecule has 0 amide bonds. The van der Waals surface area contributed by atoms with Crippen molar-refractivity contribution in [1.29, 1.82) is 0 Å². The molecule has 0 spiro atoms. The third kappa shape index (κ3) is 4.24. The van der Waals surface area contributed by atoms with Gasteiger partial charge in [-0.1, -0.05) is 33.1 Å². The summed E-state index contributed by atoms with van der Waals surface area (Å²) in [5.41, 5.74) is 0.628. The van der Waals surface area contributed by atoms with Crippen LogP contribution in [0.4, 0.5) is 0 Å².